The Balaban J connectivity index is 2.89. The van der Waals surface area contributed by atoms with Crippen LogP contribution in [0.25, 0.3) is 0 Å². The van der Waals surface area contributed by atoms with Crippen LogP contribution in [0.5, 0.6) is 0 Å². The van der Waals surface area contributed by atoms with E-state index in [0.717, 1.165) is 18.5 Å². The molecule has 112 valence electrons. The van der Waals surface area contributed by atoms with Crippen LogP contribution < -0.4 is 5.32 Å². The Morgan fingerprint density at radius 2 is 2.00 bits per heavy atom. The first-order valence-electron chi connectivity index (χ1n) is 7.00. The van der Waals surface area contributed by atoms with Crippen LogP contribution in [-0.4, -0.2) is 32.8 Å². The average Bonchev–Trinajstić information content (AvgIpc) is 2.68. The molecule has 0 fully saturated rings. The molecule has 1 aromatic heterocycles. The summed E-state index contributed by atoms with van der Waals surface area (Å²) in [6.07, 6.45) is 2.10. The summed E-state index contributed by atoms with van der Waals surface area (Å²) in [5, 5.41) is 16.0. The molecule has 0 saturated carbocycles. The number of hydrogen-bond acceptors (Lipinski definition) is 3. The number of amides is 1. The summed E-state index contributed by atoms with van der Waals surface area (Å²) in [6, 6.07) is -0.841. The summed E-state index contributed by atoms with van der Waals surface area (Å²) < 4.78 is 1.74. The highest BCUT2D eigenvalue weighted by Gasteiger charge is 2.24. The first kappa shape index (κ1) is 16.2. The standard InChI is InChI=1S/C14H23N3O3/c1-5-7-8-11(14(19)20)15-13(18)12-9(3)16-17(6-2)10(12)4/h11H,5-8H2,1-4H3,(H,15,18)(H,19,20). The molecule has 0 aliphatic heterocycles. The van der Waals surface area contributed by atoms with Gasteiger partial charge in [0.15, 0.2) is 0 Å². The molecular weight excluding hydrogens is 258 g/mol. The molecule has 1 atom stereocenters. The molecule has 0 aliphatic rings. The number of carbonyl (C=O) groups is 2. The zero-order chi connectivity index (χ0) is 15.3. The number of unbranched alkanes of at least 4 members (excludes halogenated alkanes) is 1. The van der Waals surface area contributed by atoms with E-state index < -0.39 is 12.0 Å². The third kappa shape index (κ3) is 3.59. The Morgan fingerprint density at radius 1 is 1.35 bits per heavy atom. The Bertz CT molecular complexity index is 494. The number of aliphatic carboxylic acids is 1. The largest absolute Gasteiger partial charge is 0.480 e. The van der Waals surface area contributed by atoms with Crippen molar-refractivity contribution in [1.29, 1.82) is 0 Å². The third-order valence-electron chi connectivity index (χ3n) is 3.36. The van der Waals surface area contributed by atoms with E-state index >= 15 is 0 Å². The average molecular weight is 281 g/mol. The van der Waals surface area contributed by atoms with Gasteiger partial charge in [-0.1, -0.05) is 19.8 Å². The highest BCUT2D eigenvalue weighted by molar-refractivity contribution is 5.98. The summed E-state index contributed by atoms with van der Waals surface area (Å²) in [5.74, 6) is -1.35. The number of carboxylic acid groups (broad SMARTS) is 1. The van der Waals surface area contributed by atoms with E-state index in [1.165, 1.54) is 0 Å². The van der Waals surface area contributed by atoms with Crippen molar-refractivity contribution in [2.24, 2.45) is 0 Å². The van der Waals surface area contributed by atoms with Crippen LogP contribution in [0.15, 0.2) is 0 Å². The summed E-state index contributed by atoms with van der Waals surface area (Å²) in [6.45, 7) is 8.19. The van der Waals surface area contributed by atoms with Crippen molar-refractivity contribution in [2.75, 3.05) is 0 Å². The lowest BCUT2D eigenvalue weighted by atomic mass is 10.1. The fourth-order valence-corrected chi connectivity index (χ4v) is 2.23. The van der Waals surface area contributed by atoms with E-state index in [-0.39, 0.29) is 5.91 Å². The molecule has 6 nitrogen and oxygen atoms in total. The zero-order valence-electron chi connectivity index (χ0n) is 12.6. The minimum absolute atomic E-state index is 0.358. The molecule has 20 heavy (non-hydrogen) atoms. The molecule has 0 aromatic carbocycles. The van der Waals surface area contributed by atoms with Crippen LogP contribution in [0.2, 0.25) is 0 Å². The molecule has 2 N–H and O–H groups in total. The Labute approximate surface area is 119 Å². The van der Waals surface area contributed by atoms with Crippen LogP contribution in [-0.2, 0) is 11.3 Å². The van der Waals surface area contributed by atoms with E-state index in [0.29, 0.717) is 24.2 Å². The van der Waals surface area contributed by atoms with Crippen molar-refractivity contribution < 1.29 is 14.7 Å². The van der Waals surface area contributed by atoms with Gasteiger partial charge in [0.05, 0.1) is 11.3 Å². The molecule has 0 saturated heterocycles. The number of nitrogens with zero attached hydrogens (tertiary/aromatic N) is 2. The molecule has 1 heterocycles. The van der Waals surface area contributed by atoms with Crippen molar-refractivity contribution in [3.8, 4) is 0 Å². The molecule has 1 aromatic rings. The SMILES string of the molecule is CCCCC(NC(=O)c1c(C)nn(CC)c1C)C(=O)O. The second kappa shape index (κ2) is 7.07. The lowest BCUT2D eigenvalue weighted by molar-refractivity contribution is -0.139. The molecule has 1 amide bonds. The highest BCUT2D eigenvalue weighted by Crippen LogP contribution is 2.13. The maximum absolute atomic E-state index is 12.3. The van der Waals surface area contributed by atoms with Crippen LogP contribution >= 0.6 is 0 Å². The fourth-order valence-electron chi connectivity index (χ4n) is 2.23. The second-order valence-corrected chi connectivity index (χ2v) is 4.87. The van der Waals surface area contributed by atoms with Gasteiger partial charge in [-0.3, -0.25) is 9.48 Å². The molecule has 0 radical (unpaired) electrons. The highest BCUT2D eigenvalue weighted by atomic mass is 16.4. The Kier molecular flexibility index (Phi) is 5.73. The van der Waals surface area contributed by atoms with E-state index in [4.69, 9.17) is 5.11 Å². The van der Waals surface area contributed by atoms with Crippen molar-refractivity contribution in [2.45, 2.75) is 59.5 Å². The van der Waals surface area contributed by atoms with Gasteiger partial charge in [0.1, 0.15) is 6.04 Å². The minimum atomic E-state index is -0.995. The van der Waals surface area contributed by atoms with Gasteiger partial charge in [-0.25, -0.2) is 4.79 Å². The number of rotatable bonds is 7. The van der Waals surface area contributed by atoms with Crippen molar-refractivity contribution >= 4 is 11.9 Å². The van der Waals surface area contributed by atoms with Gasteiger partial charge in [-0.05, 0) is 27.2 Å². The number of hydrogen-bond donors (Lipinski definition) is 2. The molecular formula is C14H23N3O3. The number of aromatic nitrogens is 2. The number of carbonyl (C=O) groups excluding carboxylic acids is 1. The number of nitrogens with one attached hydrogen (secondary N) is 1. The molecule has 1 unspecified atom stereocenters. The Hall–Kier alpha value is -1.85. The predicted molar refractivity (Wildman–Crippen MR) is 75.8 cm³/mol. The van der Waals surface area contributed by atoms with Gasteiger partial charge in [0.2, 0.25) is 0 Å². The van der Waals surface area contributed by atoms with Crippen molar-refractivity contribution in [3.05, 3.63) is 17.0 Å². The maximum atomic E-state index is 12.3. The van der Waals surface area contributed by atoms with Crippen LogP contribution in [0.4, 0.5) is 0 Å². The van der Waals surface area contributed by atoms with E-state index in [1.54, 1.807) is 11.6 Å². The third-order valence-corrected chi connectivity index (χ3v) is 3.36. The monoisotopic (exact) mass is 281 g/mol. The van der Waals surface area contributed by atoms with Gasteiger partial charge in [0.25, 0.3) is 5.91 Å². The first-order valence-corrected chi connectivity index (χ1v) is 7.00. The van der Waals surface area contributed by atoms with E-state index in [1.807, 2.05) is 20.8 Å². The molecule has 6 heteroatoms. The van der Waals surface area contributed by atoms with Gasteiger partial charge in [-0.2, -0.15) is 5.10 Å². The van der Waals surface area contributed by atoms with E-state index in [2.05, 4.69) is 10.4 Å². The van der Waals surface area contributed by atoms with Gasteiger partial charge < -0.3 is 10.4 Å². The predicted octanol–water partition coefficient (Wildman–Crippen LogP) is 1.89. The minimum Gasteiger partial charge on any atom is -0.480 e. The maximum Gasteiger partial charge on any atom is 0.326 e. The molecule has 0 spiro atoms. The second-order valence-electron chi connectivity index (χ2n) is 4.87. The van der Waals surface area contributed by atoms with Crippen molar-refractivity contribution in [1.82, 2.24) is 15.1 Å². The first-order chi connectivity index (χ1) is 9.42. The molecule has 1 rings (SSSR count). The van der Waals surface area contributed by atoms with Crippen LogP contribution in [0, 0.1) is 13.8 Å². The molecule has 0 aliphatic carbocycles. The summed E-state index contributed by atoms with van der Waals surface area (Å²) >= 11 is 0. The lowest BCUT2D eigenvalue weighted by Crippen LogP contribution is -2.41. The quantitative estimate of drug-likeness (QED) is 0.799. The number of aryl methyl sites for hydroxylation is 2. The van der Waals surface area contributed by atoms with Gasteiger partial charge in [-0.15, -0.1) is 0 Å². The van der Waals surface area contributed by atoms with E-state index in [9.17, 15) is 9.59 Å². The topological polar surface area (TPSA) is 84.2 Å². The van der Waals surface area contributed by atoms with Crippen LogP contribution in [0.3, 0.4) is 0 Å². The zero-order valence-corrected chi connectivity index (χ0v) is 12.6. The normalized spacial score (nSPS) is 12.2. The summed E-state index contributed by atoms with van der Waals surface area (Å²) in [7, 11) is 0. The lowest BCUT2D eigenvalue weighted by Gasteiger charge is -2.14. The smallest absolute Gasteiger partial charge is 0.326 e. The Morgan fingerprint density at radius 3 is 2.45 bits per heavy atom. The fraction of sp³-hybridized carbons (Fsp3) is 0.643. The van der Waals surface area contributed by atoms with Gasteiger partial charge >= 0.3 is 5.97 Å². The number of carboxylic acids is 1. The van der Waals surface area contributed by atoms with Gasteiger partial charge in [0, 0.05) is 12.2 Å². The van der Waals surface area contributed by atoms with Crippen LogP contribution in [0.1, 0.15) is 54.9 Å². The van der Waals surface area contributed by atoms with Crippen molar-refractivity contribution in [3.63, 3.8) is 0 Å². The summed E-state index contributed by atoms with van der Waals surface area (Å²) in [4.78, 5) is 23.4. The molecule has 0 bridgehead atoms. The summed E-state index contributed by atoms with van der Waals surface area (Å²) in [5.41, 5.74) is 1.87.